The Balaban J connectivity index is 2.15. The number of sulfonamides is 1. The molecule has 0 amide bonds. The summed E-state index contributed by atoms with van der Waals surface area (Å²) in [7, 11) is -2.40. The van der Waals surface area contributed by atoms with Crippen molar-refractivity contribution in [2.45, 2.75) is 24.8 Å². The third-order valence-corrected chi connectivity index (χ3v) is 6.07. The van der Waals surface area contributed by atoms with E-state index in [1.54, 1.807) is 13.8 Å². The number of halogens is 2. The van der Waals surface area contributed by atoms with E-state index in [-0.39, 0.29) is 16.5 Å². The van der Waals surface area contributed by atoms with E-state index in [1.165, 1.54) is 25.2 Å². The van der Waals surface area contributed by atoms with Crippen molar-refractivity contribution < 1.29 is 31.5 Å². The van der Waals surface area contributed by atoms with Gasteiger partial charge in [0.25, 0.3) is 0 Å². The summed E-state index contributed by atoms with van der Waals surface area (Å²) in [6.07, 6.45) is 0. The predicted molar refractivity (Wildman–Crippen MR) is 97.5 cm³/mol. The molecule has 0 saturated carbocycles. The molecule has 0 saturated heterocycles. The van der Waals surface area contributed by atoms with Crippen LogP contribution in [-0.2, 0) is 14.8 Å². The summed E-state index contributed by atoms with van der Waals surface area (Å²) in [5, 5.41) is 0. The number of hydrogen-bond donors (Lipinski definition) is 0. The van der Waals surface area contributed by atoms with Crippen LogP contribution in [0.2, 0.25) is 0 Å². The van der Waals surface area contributed by atoms with E-state index in [0.717, 1.165) is 22.5 Å². The van der Waals surface area contributed by atoms with Crippen molar-refractivity contribution in [3.8, 4) is 0 Å². The molecule has 0 aliphatic carbocycles. The lowest BCUT2D eigenvalue weighted by molar-refractivity contribution is 0.0473. The number of hydrogen-bond acceptors (Lipinski definition) is 5. The maximum absolute atomic E-state index is 13.6. The van der Waals surface area contributed by atoms with Gasteiger partial charge in [0.05, 0.1) is 16.0 Å². The fourth-order valence-electron chi connectivity index (χ4n) is 2.23. The van der Waals surface area contributed by atoms with Gasteiger partial charge in [-0.2, -0.15) is 4.31 Å². The number of esters is 1. The minimum atomic E-state index is -3.81. The minimum Gasteiger partial charge on any atom is -0.454 e. The number of benzene rings is 2. The molecule has 6 nitrogen and oxygen atoms in total. The molecule has 0 unspecified atom stereocenters. The SMILES string of the molecule is CC(C)N(C)S(=O)(=O)c1cccc(C(=O)OCC(=O)c2cc(F)ccc2F)c1. The summed E-state index contributed by atoms with van der Waals surface area (Å²) in [4.78, 5) is 24.0. The van der Waals surface area contributed by atoms with Gasteiger partial charge in [0.1, 0.15) is 11.6 Å². The van der Waals surface area contributed by atoms with Crippen molar-refractivity contribution >= 4 is 21.8 Å². The van der Waals surface area contributed by atoms with E-state index in [2.05, 4.69) is 0 Å². The summed E-state index contributed by atoms with van der Waals surface area (Å²) < 4.78 is 57.8. The standard InChI is InChI=1S/C19H19F2NO5S/c1-12(2)22(3)28(25,26)15-6-4-5-13(9-15)19(24)27-11-18(23)16-10-14(20)7-8-17(16)21/h4-10,12H,11H2,1-3H3. The highest BCUT2D eigenvalue weighted by Gasteiger charge is 2.24. The van der Waals surface area contributed by atoms with E-state index in [1.807, 2.05) is 0 Å². The van der Waals surface area contributed by atoms with Crippen LogP contribution in [0.15, 0.2) is 47.4 Å². The second-order valence-corrected chi connectivity index (χ2v) is 8.26. The highest BCUT2D eigenvalue weighted by molar-refractivity contribution is 7.89. The second-order valence-electron chi connectivity index (χ2n) is 6.27. The Labute approximate surface area is 161 Å². The van der Waals surface area contributed by atoms with Gasteiger partial charge in [0.15, 0.2) is 6.61 Å². The molecule has 0 heterocycles. The summed E-state index contributed by atoms with van der Waals surface area (Å²) >= 11 is 0. The molecule has 0 radical (unpaired) electrons. The van der Waals surface area contributed by atoms with Gasteiger partial charge in [-0.05, 0) is 50.2 Å². The highest BCUT2D eigenvalue weighted by atomic mass is 32.2. The van der Waals surface area contributed by atoms with Crippen LogP contribution < -0.4 is 0 Å². The molecule has 2 aromatic carbocycles. The first kappa shape index (κ1) is 21.6. The van der Waals surface area contributed by atoms with Crippen LogP contribution >= 0.6 is 0 Å². The molecule has 150 valence electrons. The van der Waals surface area contributed by atoms with Crippen molar-refractivity contribution in [3.63, 3.8) is 0 Å². The molecule has 9 heteroatoms. The maximum atomic E-state index is 13.6. The van der Waals surface area contributed by atoms with Crippen molar-refractivity contribution in [3.05, 3.63) is 65.2 Å². The molecular weight excluding hydrogens is 392 g/mol. The topological polar surface area (TPSA) is 80.8 Å². The van der Waals surface area contributed by atoms with Gasteiger partial charge in [-0.1, -0.05) is 6.07 Å². The van der Waals surface area contributed by atoms with Crippen LogP contribution in [0.5, 0.6) is 0 Å². The zero-order valence-corrected chi connectivity index (χ0v) is 16.3. The minimum absolute atomic E-state index is 0.0919. The zero-order chi connectivity index (χ0) is 21.1. The van der Waals surface area contributed by atoms with Crippen molar-refractivity contribution in [2.24, 2.45) is 0 Å². The number of rotatable bonds is 7. The first-order chi connectivity index (χ1) is 13.0. The highest BCUT2D eigenvalue weighted by Crippen LogP contribution is 2.18. The molecule has 0 aromatic heterocycles. The Morgan fingerprint density at radius 1 is 1.11 bits per heavy atom. The first-order valence-electron chi connectivity index (χ1n) is 8.27. The summed E-state index contributed by atoms with van der Waals surface area (Å²) in [6, 6.07) is 7.22. The fraction of sp³-hybridized carbons (Fsp3) is 0.263. The molecule has 0 fully saturated rings. The summed E-state index contributed by atoms with van der Waals surface area (Å²) in [6.45, 7) is 2.59. The van der Waals surface area contributed by atoms with E-state index in [9.17, 15) is 26.8 Å². The van der Waals surface area contributed by atoms with Crippen molar-refractivity contribution in [1.29, 1.82) is 0 Å². The number of ketones is 1. The third-order valence-electron chi connectivity index (χ3n) is 4.04. The van der Waals surface area contributed by atoms with Crippen LogP contribution in [0.3, 0.4) is 0 Å². The van der Waals surface area contributed by atoms with Crippen molar-refractivity contribution in [2.75, 3.05) is 13.7 Å². The smallest absolute Gasteiger partial charge is 0.338 e. The second kappa shape index (κ2) is 8.57. The van der Waals surface area contributed by atoms with E-state index in [0.29, 0.717) is 6.07 Å². The number of Topliss-reactive ketones (excluding diaryl/α,β-unsaturated/α-hetero) is 1. The Morgan fingerprint density at radius 2 is 1.79 bits per heavy atom. The molecular formula is C19H19F2NO5S. The molecule has 0 aliphatic rings. The number of ether oxygens (including phenoxy) is 1. The molecule has 2 rings (SSSR count). The Bertz CT molecular complexity index is 1010. The lowest BCUT2D eigenvalue weighted by Gasteiger charge is -2.21. The first-order valence-corrected chi connectivity index (χ1v) is 9.71. The molecule has 28 heavy (non-hydrogen) atoms. The molecule has 0 N–H and O–H groups in total. The largest absolute Gasteiger partial charge is 0.454 e. The normalized spacial score (nSPS) is 11.7. The Kier molecular flexibility index (Phi) is 6.63. The van der Waals surface area contributed by atoms with Gasteiger partial charge in [0.2, 0.25) is 15.8 Å². The van der Waals surface area contributed by atoms with E-state index < -0.39 is 45.6 Å². The van der Waals surface area contributed by atoms with Gasteiger partial charge in [0, 0.05) is 13.1 Å². The van der Waals surface area contributed by atoms with E-state index in [4.69, 9.17) is 4.74 Å². The number of nitrogens with zero attached hydrogens (tertiary/aromatic N) is 1. The lowest BCUT2D eigenvalue weighted by atomic mass is 10.1. The van der Waals surface area contributed by atoms with Gasteiger partial charge in [-0.15, -0.1) is 0 Å². The summed E-state index contributed by atoms with van der Waals surface area (Å²) in [5.74, 6) is -3.63. The van der Waals surface area contributed by atoms with Gasteiger partial charge >= 0.3 is 5.97 Å². The number of carbonyl (C=O) groups excluding carboxylic acids is 2. The molecule has 0 bridgehead atoms. The van der Waals surface area contributed by atoms with Crippen LogP contribution in [0, 0.1) is 11.6 Å². The maximum Gasteiger partial charge on any atom is 0.338 e. The van der Waals surface area contributed by atoms with Gasteiger partial charge < -0.3 is 4.74 Å². The average Bonchev–Trinajstić information content (AvgIpc) is 2.66. The quantitative estimate of drug-likeness (QED) is 0.517. The summed E-state index contributed by atoms with van der Waals surface area (Å²) in [5.41, 5.74) is -0.631. The van der Waals surface area contributed by atoms with Crippen LogP contribution in [0.4, 0.5) is 8.78 Å². The van der Waals surface area contributed by atoms with Crippen LogP contribution in [-0.4, -0.2) is 44.2 Å². The monoisotopic (exact) mass is 411 g/mol. The molecule has 2 aromatic rings. The Morgan fingerprint density at radius 3 is 2.43 bits per heavy atom. The predicted octanol–water partition coefficient (Wildman–Crippen LogP) is 3.03. The number of carbonyl (C=O) groups is 2. The van der Waals surface area contributed by atoms with Gasteiger partial charge in [-0.3, -0.25) is 4.79 Å². The fourth-order valence-corrected chi connectivity index (χ4v) is 3.64. The molecule has 0 atom stereocenters. The molecule has 0 spiro atoms. The average molecular weight is 411 g/mol. The van der Waals surface area contributed by atoms with Crippen LogP contribution in [0.25, 0.3) is 0 Å². The zero-order valence-electron chi connectivity index (χ0n) is 15.5. The lowest BCUT2D eigenvalue weighted by Crippen LogP contribution is -2.33. The van der Waals surface area contributed by atoms with Gasteiger partial charge in [-0.25, -0.2) is 22.0 Å². The van der Waals surface area contributed by atoms with Crippen molar-refractivity contribution in [1.82, 2.24) is 4.31 Å². The third kappa shape index (κ3) is 4.79. The van der Waals surface area contributed by atoms with Crippen LogP contribution in [0.1, 0.15) is 34.6 Å². The van der Waals surface area contributed by atoms with E-state index >= 15 is 0 Å². The Hall–Kier alpha value is -2.65. The molecule has 0 aliphatic heterocycles.